The lowest BCUT2D eigenvalue weighted by molar-refractivity contribution is 0.244. The van der Waals surface area contributed by atoms with Crippen LogP contribution in [0.15, 0.2) is 17.3 Å². The van der Waals surface area contributed by atoms with Gasteiger partial charge in [0.15, 0.2) is 0 Å². The molecule has 0 aliphatic heterocycles. The number of aromatic amines is 1. The molecule has 0 saturated heterocycles. The summed E-state index contributed by atoms with van der Waals surface area (Å²) in [4.78, 5) is 7.84. The third-order valence-electron chi connectivity index (χ3n) is 2.60. The lowest BCUT2D eigenvalue weighted by Gasteiger charge is -2.12. The average molecular weight is 264 g/mol. The van der Waals surface area contributed by atoms with Gasteiger partial charge in [-0.15, -0.1) is 11.8 Å². The van der Waals surface area contributed by atoms with Crippen LogP contribution < -0.4 is 4.74 Å². The topological polar surface area (TPSA) is 37.9 Å². The van der Waals surface area contributed by atoms with Gasteiger partial charge >= 0.3 is 0 Å². The summed E-state index contributed by atoms with van der Waals surface area (Å²) in [5.74, 6) is 2.02. The van der Waals surface area contributed by atoms with Gasteiger partial charge in [-0.1, -0.05) is 6.92 Å². The van der Waals surface area contributed by atoms with Crippen molar-refractivity contribution in [1.29, 1.82) is 0 Å². The van der Waals surface area contributed by atoms with Crippen LogP contribution in [0.5, 0.6) is 5.75 Å². The van der Waals surface area contributed by atoms with Gasteiger partial charge < -0.3 is 9.72 Å². The summed E-state index contributed by atoms with van der Waals surface area (Å²) >= 11 is 1.77. The van der Waals surface area contributed by atoms with Crippen LogP contribution in [0.2, 0.25) is 0 Å². The molecule has 2 rings (SSSR count). The molecule has 2 aromatic rings. The number of thioether (sulfide) groups is 1. The van der Waals surface area contributed by atoms with Gasteiger partial charge in [0.2, 0.25) is 0 Å². The van der Waals surface area contributed by atoms with Crippen LogP contribution in [0.3, 0.4) is 0 Å². The van der Waals surface area contributed by atoms with Gasteiger partial charge in [0.25, 0.3) is 0 Å². The fourth-order valence-electron chi connectivity index (χ4n) is 1.86. The molecule has 0 amide bonds. The Bertz CT molecular complexity index is 534. The summed E-state index contributed by atoms with van der Waals surface area (Å²) in [5.41, 5.74) is 2.10. The molecule has 0 radical (unpaired) electrons. The first-order valence-corrected chi connectivity index (χ1v) is 7.38. The van der Waals surface area contributed by atoms with Gasteiger partial charge in [0.05, 0.1) is 11.5 Å². The highest BCUT2D eigenvalue weighted by atomic mass is 32.2. The molecule has 0 spiro atoms. The maximum atomic E-state index is 5.91. The Hall–Kier alpha value is -1.16. The predicted molar refractivity (Wildman–Crippen MR) is 77.6 cm³/mol. The molecule has 0 unspecified atom stereocenters. The molecule has 0 atom stereocenters. The van der Waals surface area contributed by atoms with Gasteiger partial charge in [0, 0.05) is 12.3 Å². The number of hydrogen-bond acceptors (Lipinski definition) is 3. The van der Waals surface area contributed by atoms with Crippen LogP contribution in [0.25, 0.3) is 11.0 Å². The Morgan fingerprint density at radius 1 is 1.44 bits per heavy atom. The number of rotatable bonds is 5. The van der Waals surface area contributed by atoms with Crippen LogP contribution in [-0.4, -0.2) is 21.8 Å². The molecule has 0 fully saturated rings. The zero-order valence-electron chi connectivity index (χ0n) is 11.4. The standard InChI is InChI=1S/C14H20N2OS/c1-5-6-18-12-7-11(17-9(2)3)13-10(4)8-15-14(13)16-12/h7-9H,5-6H2,1-4H3,(H,15,16). The maximum Gasteiger partial charge on any atom is 0.142 e. The molecule has 4 heteroatoms. The third-order valence-corrected chi connectivity index (χ3v) is 3.71. The summed E-state index contributed by atoms with van der Waals surface area (Å²) in [6.07, 6.45) is 3.31. The quantitative estimate of drug-likeness (QED) is 0.824. The third kappa shape index (κ3) is 2.80. The minimum absolute atomic E-state index is 0.175. The first-order chi connectivity index (χ1) is 8.61. The molecule has 1 N–H and O–H groups in total. The first-order valence-electron chi connectivity index (χ1n) is 6.40. The Balaban J connectivity index is 2.44. The van der Waals surface area contributed by atoms with Crippen molar-refractivity contribution in [2.24, 2.45) is 0 Å². The molecule has 98 valence electrons. The average Bonchev–Trinajstić information content (AvgIpc) is 2.68. The zero-order chi connectivity index (χ0) is 13.1. The molecule has 0 aromatic carbocycles. The lowest BCUT2D eigenvalue weighted by Crippen LogP contribution is -2.06. The van der Waals surface area contributed by atoms with E-state index >= 15 is 0 Å². The Kier molecular flexibility index (Phi) is 4.17. The highest BCUT2D eigenvalue weighted by molar-refractivity contribution is 7.99. The molecule has 2 heterocycles. The van der Waals surface area contributed by atoms with Gasteiger partial charge in [-0.25, -0.2) is 4.98 Å². The molecule has 0 aliphatic rings. The molecule has 3 nitrogen and oxygen atoms in total. The van der Waals surface area contributed by atoms with Gasteiger partial charge in [-0.2, -0.15) is 0 Å². The number of fused-ring (bicyclic) bond motifs is 1. The van der Waals surface area contributed by atoms with Crippen LogP contribution in [0, 0.1) is 6.92 Å². The highest BCUT2D eigenvalue weighted by Crippen LogP contribution is 2.32. The van der Waals surface area contributed by atoms with Crippen LogP contribution in [-0.2, 0) is 0 Å². The second-order valence-electron chi connectivity index (χ2n) is 4.67. The number of nitrogens with one attached hydrogen (secondary N) is 1. The fraction of sp³-hybridized carbons (Fsp3) is 0.500. The number of hydrogen-bond donors (Lipinski definition) is 1. The predicted octanol–water partition coefficient (Wildman–Crippen LogP) is 4.16. The van der Waals surface area contributed by atoms with Crippen LogP contribution in [0.1, 0.15) is 32.8 Å². The highest BCUT2D eigenvalue weighted by Gasteiger charge is 2.12. The van der Waals surface area contributed by atoms with Gasteiger partial charge in [-0.3, -0.25) is 0 Å². The summed E-state index contributed by atoms with van der Waals surface area (Å²) < 4.78 is 5.91. The number of aryl methyl sites for hydroxylation is 1. The van der Waals surface area contributed by atoms with Gasteiger partial charge in [-0.05, 0) is 38.5 Å². The van der Waals surface area contributed by atoms with Gasteiger partial charge in [0.1, 0.15) is 16.4 Å². The molecule has 0 aliphatic carbocycles. The minimum Gasteiger partial charge on any atom is -0.490 e. The van der Waals surface area contributed by atoms with E-state index in [1.807, 2.05) is 20.0 Å². The van der Waals surface area contributed by atoms with Crippen molar-refractivity contribution >= 4 is 22.8 Å². The van der Waals surface area contributed by atoms with Crippen molar-refractivity contribution in [1.82, 2.24) is 9.97 Å². The normalized spacial score (nSPS) is 11.4. The summed E-state index contributed by atoms with van der Waals surface area (Å²) in [6.45, 7) is 8.35. The van der Waals surface area contributed by atoms with E-state index in [4.69, 9.17) is 4.74 Å². The molecule has 0 saturated carbocycles. The first kappa shape index (κ1) is 13.3. The number of aromatic nitrogens is 2. The van der Waals surface area contributed by atoms with Crippen molar-refractivity contribution in [2.45, 2.75) is 45.2 Å². The summed E-state index contributed by atoms with van der Waals surface area (Å²) in [6, 6.07) is 2.06. The molecular formula is C14H20N2OS. The Morgan fingerprint density at radius 3 is 2.89 bits per heavy atom. The molecule has 0 bridgehead atoms. The van der Waals surface area contributed by atoms with Crippen molar-refractivity contribution < 1.29 is 4.74 Å². The van der Waals surface area contributed by atoms with Crippen molar-refractivity contribution in [2.75, 3.05) is 5.75 Å². The Morgan fingerprint density at radius 2 is 2.22 bits per heavy atom. The fourth-order valence-corrected chi connectivity index (χ4v) is 2.62. The summed E-state index contributed by atoms with van der Waals surface area (Å²) in [5, 5.41) is 2.13. The molecule has 18 heavy (non-hydrogen) atoms. The van der Waals surface area contributed by atoms with E-state index in [0.29, 0.717) is 0 Å². The number of ether oxygens (including phenoxy) is 1. The Labute approximate surface area is 112 Å². The second kappa shape index (κ2) is 5.65. The molecule has 2 aromatic heterocycles. The SMILES string of the molecule is CCCSc1cc(OC(C)C)c2c(C)c[nH]c2n1. The van der Waals surface area contributed by atoms with E-state index in [9.17, 15) is 0 Å². The number of pyridine rings is 1. The smallest absolute Gasteiger partial charge is 0.142 e. The van der Waals surface area contributed by atoms with E-state index in [-0.39, 0.29) is 6.10 Å². The van der Waals surface area contributed by atoms with E-state index in [0.717, 1.165) is 34.0 Å². The number of nitrogens with zero attached hydrogens (tertiary/aromatic N) is 1. The lowest BCUT2D eigenvalue weighted by atomic mass is 10.2. The summed E-state index contributed by atoms with van der Waals surface area (Å²) in [7, 11) is 0. The van der Waals surface area contributed by atoms with Crippen LogP contribution in [0.4, 0.5) is 0 Å². The van der Waals surface area contributed by atoms with E-state index in [1.165, 1.54) is 5.56 Å². The van der Waals surface area contributed by atoms with E-state index in [1.54, 1.807) is 11.8 Å². The zero-order valence-corrected chi connectivity index (χ0v) is 12.2. The van der Waals surface area contributed by atoms with E-state index < -0.39 is 0 Å². The van der Waals surface area contributed by atoms with E-state index in [2.05, 4.69) is 29.9 Å². The second-order valence-corrected chi connectivity index (χ2v) is 5.78. The van der Waals surface area contributed by atoms with Crippen molar-refractivity contribution in [3.8, 4) is 5.75 Å². The molecular weight excluding hydrogens is 244 g/mol. The van der Waals surface area contributed by atoms with Crippen molar-refractivity contribution in [3.63, 3.8) is 0 Å². The van der Waals surface area contributed by atoms with Crippen LogP contribution >= 0.6 is 11.8 Å². The number of H-pyrrole nitrogens is 1. The monoisotopic (exact) mass is 264 g/mol. The minimum atomic E-state index is 0.175. The van der Waals surface area contributed by atoms with Crippen molar-refractivity contribution in [3.05, 3.63) is 17.8 Å². The maximum absolute atomic E-state index is 5.91. The largest absolute Gasteiger partial charge is 0.490 e.